The lowest BCUT2D eigenvalue weighted by molar-refractivity contribution is -0.157. The van der Waals surface area contributed by atoms with Gasteiger partial charge in [0.2, 0.25) is 0 Å². The molecule has 1 N–H and O–H groups in total. The summed E-state index contributed by atoms with van der Waals surface area (Å²) in [6.07, 6.45) is 0.324. The largest absolute Gasteiger partial charge is 0.497 e. The van der Waals surface area contributed by atoms with Gasteiger partial charge >= 0.3 is 11.9 Å². The van der Waals surface area contributed by atoms with Gasteiger partial charge in [-0.3, -0.25) is 4.79 Å². The lowest BCUT2D eigenvalue weighted by atomic mass is 9.75. The average Bonchev–Trinajstić information content (AvgIpc) is 3.00. The molecule has 3 aromatic rings. The van der Waals surface area contributed by atoms with Gasteiger partial charge in [-0.2, -0.15) is 0 Å². The summed E-state index contributed by atoms with van der Waals surface area (Å²) in [5.41, 5.74) is 1.16. The number of hydrogen-bond donors (Lipinski definition) is 1. The number of benzene rings is 3. The van der Waals surface area contributed by atoms with Crippen LogP contribution in [0, 0.1) is 11.3 Å². The summed E-state index contributed by atoms with van der Waals surface area (Å²) in [4.78, 5) is 25.1. The molecule has 0 aliphatic carbocycles. The van der Waals surface area contributed by atoms with Crippen LogP contribution < -0.4 is 14.2 Å². The van der Waals surface area contributed by atoms with Crippen molar-refractivity contribution in [2.75, 3.05) is 46.8 Å². The molecule has 244 valence electrons. The molecular formula is C36H46O9. The number of hydrogen-bond acceptors (Lipinski definition) is 9. The van der Waals surface area contributed by atoms with Gasteiger partial charge in [0.05, 0.1) is 50.6 Å². The lowest BCUT2D eigenvalue weighted by Crippen LogP contribution is -2.37. The van der Waals surface area contributed by atoms with Crippen LogP contribution in [-0.4, -0.2) is 69.4 Å². The van der Waals surface area contributed by atoms with Crippen LogP contribution in [0.1, 0.15) is 51.4 Å². The summed E-state index contributed by atoms with van der Waals surface area (Å²) in [6.45, 7) is 11.1. The van der Waals surface area contributed by atoms with Gasteiger partial charge in [-0.05, 0) is 85.3 Å². The molecule has 0 spiro atoms. The maximum absolute atomic E-state index is 12.6. The molecule has 0 radical (unpaired) electrons. The Kier molecular flexibility index (Phi) is 13.4. The lowest BCUT2D eigenvalue weighted by Gasteiger charge is -2.33. The van der Waals surface area contributed by atoms with Crippen molar-refractivity contribution in [3.63, 3.8) is 0 Å². The molecule has 0 saturated heterocycles. The van der Waals surface area contributed by atoms with E-state index in [4.69, 9.17) is 28.4 Å². The Balaban J connectivity index is 1.28. The van der Waals surface area contributed by atoms with Crippen molar-refractivity contribution in [2.45, 2.75) is 46.6 Å². The van der Waals surface area contributed by atoms with Gasteiger partial charge in [0.1, 0.15) is 30.5 Å². The third-order valence-electron chi connectivity index (χ3n) is 6.95. The van der Waals surface area contributed by atoms with Crippen LogP contribution in [0.2, 0.25) is 0 Å². The molecule has 45 heavy (non-hydrogen) atoms. The predicted octanol–water partition coefficient (Wildman–Crippen LogP) is 6.36. The van der Waals surface area contributed by atoms with Crippen molar-refractivity contribution in [3.05, 3.63) is 78.4 Å². The Morgan fingerprint density at radius 2 is 1.16 bits per heavy atom. The first-order valence-electron chi connectivity index (χ1n) is 15.1. The van der Waals surface area contributed by atoms with Gasteiger partial charge in [-0.15, -0.1) is 0 Å². The Morgan fingerprint density at radius 3 is 1.67 bits per heavy atom. The summed E-state index contributed by atoms with van der Waals surface area (Å²) in [7, 11) is 1.63. The first-order chi connectivity index (χ1) is 21.4. The van der Waals surface area contributed by atoms with E-state index >= 15 is 0 Å². The summed E-state index contributed by atoms with van der Waals surface area (Å²) in [6, 6.07) is 21.8. The number of rotatable bonds is 17. The number of ether oxygens (including phenoxy) is 6. The Hall–Kier alpha value is -3.92. The van der Waals surface area contributed by atoms with E-state index in [0.717, 1.165) is 16.9 Å². The van der Waals surface area contributed by atoms with Gasteiger partial charge in [0.25, 0.3) is 0 Å². The maximum atomic E-state index is 12.6. The molecule has 0 saturated carbocycles. The predicted molar refractivity (Wildman–Crippen MR) is 172 cm³/mol. The van der Waals surface area contributed by atoms with Crippen LogP contribution in [0.3, 0.4) is 0 Å². The van der Waals surface area contributed by atoms with E-state index in [-0.39, 0.29) is 24.6 Å². The van der Waals surface area contributed by atoms with Crippen LogP contribution in [0.15, 0.2) is 72.8 Å². The summed E-state index contributed by atoms with van der Waals surface area (Å²) in [5.74, 6) is 0.648. The second-order valence-corrected chi connectivity index (χ2v) is 12.3. The molecule has 9 nitrogen and oxygen atoms in total. The van der Waals surface area contributed by atoms with Gasteiger partial charge in [-0.1, -0.05) is 45.0 Å². The topological polar surface area (TPSA) is 110 Å². The van der Waals surface area contributed by atoms with Crippen LogP contribution in [0.25, 0.3) is 11.1 Å². The van der Waals surface area contributed by atoms with Crippen molar-refractivity contribution in [1.29, 1.82) is 0 Å². The van der Waals surface area contributed by atoms with Crippen LogP contribution in [0.5, 0.6) is 17.2 Å². The number of carbonyl (C=O) groups is 2. The highest BCUT2D eigenvalue weighted by Gasteiger charge is 2.36. The van der Waals surface area contributed by atoms with E-state index in [1.54, 1.807) is 57.4 Å². The zero-order valence-electron chi connectivity index (χ0n) is 27.2. The zero-order chi connectivity index (χ0) is 32.9. The van der Waals surface area contributed by atoms with E-state index in [2.05, 4.69) is 0 Å². The zero-order valence-corrected chi connectivity index (χ0v) is 27.2. The molecule has 0 bridgehead atoms. The monoisotopic (exact) mass is 622 g/mol. The SMILES string of the molecule is COc1ccc(-c2ccc(OC(=O)c3ccc(OCCOCCOCCOC(=O)C(CC(C)(C)O)C(C)(C)C)cc3)cc2)cc1. The Bertz CT molecular complexity index is 1320. The van der Waals surface area contributed by atoms with E-state index < -0.39 is 17.5 Å². The first kappa shape index (κ1) is 35.6. The Labute approximate surface area is 266 Å². The van der Waals surface area contributed by atoms with Gasteiger partial charge < -0.3 is 33.5 Å². The molecular weight excluding hydrogens is 576 g/mol. The fourth-order valence-electron chi connectivity index (χ4n) is 4.44. The third kappa shape index (κ3) is 12.5. The molecule has 0 heterocycles. The fourth-order valence-corrected chi connectivity index (χ4v) is 4.44. The highest BCUT2D eigenvalue weighted by Crippen LogP contribution is 2.33. The fraction of sp³-hybridized carbons (Fsp3) is 0.444. The molecule has 1 unspecified atom stereocenters. The molecule has 0 amide bonds. The second kappa shape index (κ2) is 17.0. The van der Waals surface area contributed by atoms with E-state index in [1.807, 2.05) is 57.2 Å². The minimum atomic E-state index is -0.958. The number of carbonyl (C=O) groups excluding carboxylic acids is 2. The van der Waals surface area contributed by atoms with Gasteiger partial charge in [-0.25, -0.2) is 4.79 Å². The number of aliphatic hydroxyl groups is 1. The maximum Gasteiger partial charge on any atom is 0.343 e. The molecule has 0 fully saturated rings. The number of methoxy groups -OCH3 is 1. The third-order valence-corrected chi connectivity index (χ3v) is 6.95. The quantitative estimate of drug-likeness (QED) is 0.104. The van der Waals surface area contributed by atoms with E-state index in [1.165, 1.54) is 0 Å². The van der Waals surface area contributed by atoms with Crippen molar-refractivity contribution < 1.29 is 43.1 Å². The van der Waals surface area contributed by atoms with Crippen molar-refractivity contribution in [1.82, 2.24) is 0 Å². The second-order valence-electron chi connectivity index (χ2n) is 12.3. The molecule has 1 atom stereocenters. The molecule has 9 heteroatoms. The van der Waals surface area contributed by atoms with Crippen LogP contribution in [-0.2, 0) is 19.0 Å². The van der Waals surface area contributed by atoms with Crippen LogP contribution in [0.4, 0.5) is 0 Å². The van der Waals surface area contributed by atoms with Crippen molar-refractivity contribution >= 4 is 11.9 Å². The summed E-state index contributed by atoms with van der Waals surface area (Å²) in [5, 5.41) is 10.1. The summed E-state index contributed by atoms with van der Waals surface area (Å²) >= 11 is 0. The minimum Gasteiger partial charge on any atom is -0.497 e. The normalized spacial score (nSPS) is 12.3. The molecule has 3 aromatic carbocycles. The minimum absolute atomic E-state index is 0.140. The first-order valence-corrected chi connectivity index (χ1v) is 15.1. The standard InChI is InChI=1S/C36H46O9/c1-35(2,3)32(25-36(4,5)39)34(38)44-24-22-42-20-19-41-21-23-43-30-15-11-28(12-16-30)33(37)45-31-17-9-27(10-18-31)26-7-13-29(40-6)14-8-26/h7-18,32,39H,19-25H2,1-6H3. The highest BCUT2D eigenvalue weighted by atomic mass is 16.6. The number of esters is 2. The van der Waals surface area contributed by atoms with Crippen molar-refractivity contribution in [2.24, 2.45) is 11.3 Å². The smallest absolute Gasteiger partial charge is 0.343 e. The van der Waals surface area contributed by atoms with E-state index in [9.17, 15) is 14.7 Å². The van der Waals surface area contributed by atoms with Crippen molar-refractivity contribution in [3.8, 4) is 28.4 Å². The van der Waals surface area contributed by atoms with E-state index in [0.29, 0.717) is 49.9 Å². The molecule has 0 aromatic heterocycles. The average molecular weight is 623 g/mol. The van der Waals surface area contributed by atoms with Crippen LogP contribution >= 0.6 is 0 Å². The molecule has 0 aliphatic heterocycles. The van der Waals surface area contributed by atoms with Gasteiger partial charge in [0.15, 0.2) is 0 Å². The van der Waals surface area contributed by atoms with Gasteiger partial charge in [0, 0.05) is 0 Å². The summed E-state index contributed by atoms with van der Waals surface area (Å²) < 4.78 is 32.8. The molecule has 0 aliphatic rings. The Morgan fingerprint density at radius 1 is 0.667 bits per heavy atom. The molecule has 3 rings (SSSR count). The highest BCUT2D eigenvalue weighted by molar-refractivity contribution is 5.91.